The Balaban J connectivity index is 2.00. The number of aliphatic hydroxyl groups is 1. The molecule has 2 rings (SSSR count). The maximum atomic E-state index is 10.2. The van der Waals surface area contributed by atoms with E-state index in [1.54, 1.807) is 0 Å². The topological polar surface area (TPSA) is 55.5 Å². The van der Waals surface area contributed by atoms with E-state index in [1.165, 1.54) is 0 Å². The fraction of sp³-hybridized carbons (Fsp3) is 0.538. The molecule has 2 unspecified atom stereocenters. The summed E-state index contributed by atoms with van der Waals surface area (Å²) in [5.41, 5.74) is 7.08. The van der Waals surface area contributed by atoms with Crippen LogP contribution in [0.5, 0.6) is 0 Å². The maximum Gasteiger partial charge on any atom is 0.0762 e. The van der Waals surface area contributed by atoms with E-state index in [4.69, 9.17) is 10.5 Å². The molecule has 1 heterocycles. The zero-order valence-corrected chi connectivity index (χ0v) is 9.38. The molecular weight excluding hydrogens is 202 g/mol. The van der Waals surface area contributed by atoms with Crippen LogP contribution in [0.1, 0.15) is 24.4 Å². The third-order valence-corrected chi connectivity index (χ3v) is 3.30. The molecule has 88 valence electrons. The normalized spacial score (nSPS) is 21.6. The molecule has 3 heteroatoms. The fourth-order valence-electron chi connectivity index (χ4n) is 2.22. The Morgan fingerprint density at radius 1 is 1.19 bits per heavy atom. The monoisotopic (exact) mass is 221 g/mol. The molecule has 0 bridgehead atoms. The average molecular weight is 221 g/mol. The lowest BCUT2D eigenvalue weighted by atomic mass is 9.87. The smallest absolute Gasteiger partial charge is 0.0762 e. The van der Waals surface area contributed by atoms with Crippen LogP contribution < -0.4 is 5.73 Å². The van der Waals surface area contributed by atoms with Crippen molar-refractivity contribution >= 4 is 0 Å². The fourth-order valence-corrected chi connectivity index (χ4v) is 2.22. The zero-order chi connectivity index (χ0) is 11.4. The second-order valence-corrected chi connectivity index (χ2v) is 4.38. The second-order valence-electron chi connectivity index (χ2n) is 4.38. The summed E-state index contributed by atoms with van der Waals surface area (Å²) >= 11 is 0. The van der Waals surface area contributed by atoms with E-state index in [2.05, 4.69) is 0 Å². The number of nitrogens with two attached hydrogens (primary N) is 1. The molecule has 3 nitrogen and oxygen atoms in total. The molecule has 1 aromatic rings. The van der Waals surface area contributed by atoms with Crippen LogP contribution in [-0.2, 0) is 4.74 Å². The van der Waals surface area contributed by atoms with E-state index < -0.39 is 6.10 Å². The number of aliphatic hydroxyl groups excluding tert-OH is 1. The average Bonchev–Trinajstić information content (AvgIpc) is 2.39. The van der Waals surface area contributed by atoms with Crippen molar-refractivity contribution in [3.8, 4) is 0 Å². The van der Waals surface area contributed by atoms with Crippen molar-refractivity contribution in [2.75, 3.05) is 13.2 Å². The van der Waals surface area contributed by atoms with Gasteiger partial charge in [0, 0.05) is 13.2 Å². The van der Waals surface area contributed by atoms with Crippen molar-refractivity contribution in [1.82, 2.24) is 0 Å². The van der Waals surface area contributed by atoms with Crippen LogP contribution in [0, 0.1) is 5.92 Å². The van der Waals surface area contributed by atoms with E-state index in [0.29, 0.717) is 0 Å². The van der Waals surface area contributed by atoms with Crippen molar-refractivity contribution in [2.24, 2.45) is 11.7 Å². The van der Waals surface area contributed by atoms with Gasteiger partial charge in [-0.05, 0) is 24.3 Å². The van der Waals surface area contributed by atoms with Crippen LogP contribution in [0.2, 0.25) is 0 Å². The Labute approximate surface area is 96.2 Å². The molecule has 0 radical (unpaired) electrons. The van der Waals surface area contributed by atoms with Crippen molar-refractivity contribution < 1.29 is 9.84 Å². The summed E-state index contributed by atoms with van der Waals surface area (Å²) in [6.45, 7) is 1.48. The first-order valence-corrected chi connectivity index (χ1v) is 5.85. The summed E-state index contributed by atoms with van der Waals surface area (Å²) in [5, 5.41) is 10.2. The highest BCUT2D eigenvalue weighted by Crippen LogP contribution is 2.26. The second kappa shape index (κ2) is 5.43. The first-order chi connectivity index (χ1) is 7.79. The van der Waals surface area contributed by atoms with Gasteiger partial charge in [0.05, 0.1) is 12.1 Å². The van der Waals surface area contributed by atoms with Gasteiger partial charge in [0.25, 0.3) is 0 Å². The predicted octanol–water partition coefficient (Wildman–Crippen LogP) is 1.47. The van der Waals surface area contributed by atoms with E-state index >= 15 is 0 Å². The van der Waals surface area contributed by atoms with Gasteiger partial charge in [-0.15, -0.1) is 0 Å². The molecule has 0 amide bonds. The molecule has 1 aliphatic heterocycles. The Bertz CT molecular complexity index is 309. The predicted molar refractivity (Wildman–Crippen MR) is 62.9 cm³/mol. The summed E-state index contributed by atoms with van der Waals surface area (Å²) in [6, 6.07) is 9.50. The molecule has 0 aromatic heterocycles. The van der Waals surface area contributed by atoms with E-state index in [1.807, 2.05) is 30.3 Å². The van der Waals surface area contributed by atoms with Crippen molar-refractivity contribution in [3.63, 3.8) is 0 Å². The molecule has 0 aliphatic carbocycles. The molecule has 1 saturated heterocycles. The Morgan fingerprint density at radius 2 is 1.81 bits per heavy atom. The van der Waals surface area contributed by atoms with Gasteiger partial charge in [0.2, 0.25) is 0 Å². The van der Waals surface area contributed by atoms with Crippen LogP contribution in [0.25, 0.3) is 0 Å². The minimum atomic E-state index is -0.466. The molecule has 2 atom stereocenters. The van der Waals surface area contributed by atoms with E-state index in [-0.39, 0.29) is 12.0 Å². The maximum absolute atomic E-state index is 10.2. The lowest BCUT2D eigenvalue weighted by molar-refractivity contribution is -0.00231. The third-order valence-electron chi connectivity index (χ3n) is 3.30. The highest BCUT2D eigenvalue weighted by Gasteiger charge is 2.27. The largest absolute Gasteiger partial charge is 0.391 e. The van der Waals surface area contributed by atoms with Gasteiger partial charge < -0.3 is 15.6 Å². The number of hydrogen-bond acceptors (Lipinski definition) is 3. The van der Waals surface area contributed by atoms with Gasteiger partial charge >= 0.3 is 0 Å². The molecule has 0 spiro atoms. The number of hydrogen-bond donors (Lipinski definition) is 2. The standard InChI is InChI=1S/C13H19NO2/c14-12(10-4-2-1-3-5-10)13(15)11-6-8-16-9-7-11/h1-5,11-13,15H,6-9,14H2. The lowest BCUT2D eigenvalue weighted by Crippen LogP contribution is -2.36. The van der Waals surface area contributed by atoms with E-state index in [9.17, 15) is 5.11 Å². The Kier molecular flexibility index (Phi) is 3.93. The molecule has 1 aliphatic rings. The van der Waals surface area contributed by atoms with Crippen LogP contribution in [0.4, 0.5) is 0 Å². The minimum Gasteiger partial charge on any atom is -0.391 e. The van der Waals surface area contributed by atoms with Gasteiger partial charge in [-0.1, -0.05) is 30.3 Å². The van der Waals surface area contributed by atoms with E-state index in [0.717, 1.165) is 31.6 Å². The molecular formula is C13H19NO2. The quantitative estimate of drug-likeness (QED) is 0.812. The van der Waals surface area contributed by atoms with Crippen molar-refractivity contribution in [2.45, 2.75) is 25.0 Å². The van der Waals surface area contributed by atoms with Crippen LogP contribution >= 0.6 is 0 Å². The zero-order valence-electron chi connectivity index (χ0n) is 9.38. The molecule has 16 heavy (non-hydrogen) atoms. The molecule has 1 aromatic carbocycles. The summed E-state index contributed by atoms with van der Waals surface area (Å²) in [5.74, 6) is 0.268. The number of benzene rings is 1. The Hall–Kier alpha value is -0.900. The first-order valence-electron chi connectivity index (χ1n) is 5.85. The van der Waals surface area contributed by atoms with Gasteiger partial charge in [-0.2, -0.15) is 0 Å². The summed E-state index contributed by atoms with van der Waals surface area (Å²) < 4.78 is 5.28. The Morgan fingerprint density at radius 3 is 2.44 bits per heavy atom. The molecule has 0 saturated carbocycles. The first kappa shape index (κ1) is 11.6. The molecule has 3 N–H and O–H groups in total. The lowest BCUT2D eigenvalue weighted by Gasteiger charge is -2.30. The minimum absolute atomic E-state index is 0.268. The molecule has 1 fully saturated rings. The van der Waals surface area contributed by atoms with Gasteiger partial charge in [0.15, 0.2) is 0 Å². The summed E-state index contributed by atoms with van der Waals surface area (Å²) in [7, 11) is 0. The SMILES string of the molecule is NC(c1ccccc1)C(O)C1CCOCC1. The summed E-state index contributed by atoms with van der Waals surface area (Å²) in [6.07, 6.45) is 1.34. The highest BCUT2D eigenvalue weighted by molar-refractivity contribution is 5.19. The van der Waals surface area contributed by atoms with Crippen LogP contribution in [-0.4, -0.2) is 24.4 Å². The van der Waals surface area contributed by atoms with Crippen molar-refractivity contribution in [1.29, 1.82) is 0 Å². The third kappa shape index (κ3) is 2.61. The highest BCUT2D eigenvalue weighted by atomic mass is 16.5. The van der Waals surface area contributed by atoms with Gasteiger partial charge in [-0.3, -0.25) is 0 Å². The number of ether oxygens (including phenoxy) is 1. The van der Waals surface area contributed by atoms with Crippen LogP contribution in [0.15, 0.2) is 30.3 Å². The summed E-state index contributed by atoms with van der Waals surface area (Å²) in [4.78, 5) is 0. The van der Waals surface area contributed by atoms with Gasteiger partial charge in [0.1, 0.15) is 0 Å². The van der Waals surface area contributed by atoms with Crippen LogP contribution in [0.3, 0.4) is 0 Å². The van der Waals surface area contributed by atoms with Gasteiger partial charge in [-0.25, -0.2) is 0 Å². The van der Waals surface area contributed by atoms with Crippen molar-refractivity contribution in [3.05, 3.63) is 35.9 Å². The number of rotatable bonds is 3.